The molecule has 1 amide bonds. The molecule has 1 rings (SSSR count). The van der Waals surface area contributed by atoms with Gasteiger partial charge in [0, 0.05) is 36.7 Å². The van der Waals surface area contributed by atoms with E-state index in [9.17, 15) is 4.79 Å². The predicted molar refractivity (Wildman–Crippen MR) is 103 cm³/mol. The Kier molecular flexibility index (Phi) is 9.68. The number of halogens is 1. The van der Waals surface area contributed by atoms with Gasteiger partial charge in [-0.2, -0.15) is 11.8 Å². The molecule has 124 valence electrons. The van der Waals surface area contributed by atoms with E-state index < -0.39 is 0 Å². The zero-order valence-corrected chi connectivity index (χ0v) is 16.9. The van der Waals surface area contributed by atoms with Crippen molar-refractivity contribution in [1.29, 1.82) is 0 Å². The quantitative estimate of drug-likeness (QED) is 0.410. The molecular weight excluding hydrogens is 399 g/mol. The first-order valence-corrected chi connectivity index (χ1v) is 8.28. The van der Waals surface area contributed by atoms with Crippen molar-refractivity contribution < 1.29 is 4.79 Å². The van der Waals surface area contributed by atoms with E-state index in [0.717, 1.165) is 24.8 Å². The molecular formula is C14H29IN4OS. The summed E-state index contributed by atoms with van der Waals surface area (Å²) < 4.78 is 0. The molecule has 1 heterocycles. The summed E-state index contributed by atoms with van der Waals surface area (Å²) >= 11 is 2.02. The van der Waals surface area contributed by atoms with Crippen LogP contribution in [0.25, 0.3) is 0 Å². The Morgan fingerprint density at radius 2 is 2.10 bits per heavy atom. The van der Waals surface area contributed by atoms with Crippen LogP contribution in [-0.2, 0) is 4.79 Å². The van der Waals surface area contributed by atoms with E-state index in [1.165, 1.54) is 6.42 Å². The fraction of sp³-hybridized carbons (Fsp3) is 0.857. The fourth-order valence-corrected chi connectivity index (χ4v) is 3.29. The predicted octanol–water partition coefficient (Wildman–Crippen LogP) is 1.92. The van der Waals surface area contributed by atoms with Gasteiger partial charge in [0.05, 0.1) is 6.54 Å². The van der Waals surface area contributed by atoms with Gasteiger partial charge in [-0.15, -0.1) is 24.0 Å². The van der Waals surface area contributed by atoms with Gasteiger partial charge in [-0.25, -0.2) is 0 Å². The number of nitrogens with zero attached hydrogens (tertiary/aromatic N) is 2. The molecule has 1 atom stereocenters. The molecule has 0 aromatic heterocycles. The van der Waals surface area contributed by atoms with Gasteiger partial charge in [0.25, 0.3) is 0 Å². The average molecular weight is 428 g/mol. The zero-order chi connectivity index (χ0) is 15.2. The third kappa shape index (κ3) is 8.13. The SMILES string of the molecule is CCC1CN(C(=NC)NCC(=O)NC(C)(C)C)CCS1.I. The second-order valence-electron chi connectivity index (χ2n) is 6.05. The molecule has 5 nitrogen and oxygen atoms in total. The summed E-state index contributed by atoms with van der Waals surface area (Å²) in [6, 6.07) is 0. The van der Waals surface area contributed by atoms with E-state index in [-0.39, 0.29) is 42.0 Å². The maximum atomic E-state index is 11.8. The molecule has 0 aromatic carbocycles. The highest BCUT2D eigenvalue weighted by atomic mass is 127. The third-order valence-corrected chi connectivity index (χ3v) is 4.40. The summed E-state index contributed by atoms with van der Waals surface area (Å²) in [6.07, 6.45) is 1.17. The van der Waals surface area contributed by atoms with Crippen molar-refractivity contribution in [3.8, 4) is 0 Å². The Labute approximate surface area is 150 Å². The van der Waals surface area contributed by atoms with Crippen LogP contribution in [0.1, 0.15) is 34.1 Å². The molecule has 0 bridgehead atoms. The highest BCUT2D eigenvalue weighted by Crippen LogP contribution is 2.20. The lowest BCUT2D eigenvalue weighted by molar-refractivity contribution is -0.121. The van der Waals surface area contributed by atoms with E-state index in [0.29, 0.717) is 5.25 Å². The number of rotatable bonds is 3. The van der Waals surface area contributed by atoms with Crippen LogP contribution in [0.15, 0.2) is 4.99 Å². The number of aliphatic imine (C=N–C) groups is 1. The van der Waals surface area contributed by atoms with Crippen molar-refractivity contribution in [2.75, 3.05) is 32.4 Å². The first-order chi connectivity index (χ1) is 9.35. The van der Waals surface area contributed by atoms with Crippen LogP contribution >= 0.6 is 35.7 Å². The molecule has 1 saturated heterocycles. The number of hydrogen-bond acceptors (Lipinski definition) is 3. The summed E-state index contributed by atoms with van der Waals surface area (Å²) in [6.45, 7) is 10.4. The van der Waals surface area contributed by atoms with Gasteiger partial charge in [-0.3, -0.25) is 9.79 Å². The number of hydrogen-bond donors (Lipinski definition) is 2. The smallest absolute Gasteiger partial charge is 0.239 e. The molecule has 2 N–H and O–H groups in total. The Morgan fingerprint density at radius 1 is 1.43 bits per heavy atom. The van der Waals surface area contributed by atoms with E-state index in [2.05, 4.69) is 27.4 Å². The number of amides is 1. The first kappa shape index (κ1) is 20.8. The molecule has 0 aromatic rings. The Balaban J connectivity index is 0.00000400. The van der Waals surface area contributed by atoms with E-state index >= 15 is 0 Å². The molecule has 0 spiro atoms. The Morgan fingerprint density at radius 3 is 2.62 bits per heavy atom. The molecule has 0 aliphatic carbocycles. The van der Waals surface area contributed by atoms with Gasteiger partial charge >= 0.3 is 0 Å². The minimum absolute atomic E-state index is 0. The van der Waals surface area contributed by atoms with Gasteiger partial charge in [0.1, 0.15) is 0 Å². The van der Waals surface area contributed by atoms with Crippen molar-refractivity contribution >= 4 is 47.6 Å². The minimum Gasteiger partial charge on any atom is -0.350 e. The summed E-state index contributed by atoms with van der Waals surface area (Å²) in [7, 11) is 1.77. The third-order valence-electron chi connectivity index (χ3n) is 3.03. The number of nitrogens with one attached hydrogen (secondary N) is 2. The van der Waals surface area contributed by atoms with Crippen LogP contribution in [0, 0.1) is 0 Å². The summed E-state index contributed by atoms with van der Waals surface area (Å²) in [4.78, 5) is 18.4. The van der Waals surface area contributed by atoms with Crippen LogP contribution in [0.5, 0.6) is 0 Å². The topological polar surface area (TPSA) is 56.7 Å². The van der Waals surface area contributed by atoms with Crippen LogP contribution in [0.2, 0.25) is 0 Å². The summed E-state index contributed by atoms with van der Waals surface area (Å²) in [5.74, 6) is 1.94. The first-order valence-electron chi connectivity index (χ1n) is 7.24. The minimum atomic E-state index is -0.197. The van der Waals surface area contributed by atoms with Crippen molar-refractivity contribution in [3.05, 3.63) is 0 Å². The Hall–Kier alpha value is -0.180. The normalized spacial score (nSPS) is 19.8. The Bertz CT molecular complexity index is 357. The number of carbonyl (C=O) groups is 1. The van der Waals surface area contributed by atoms with E-state index in [4.69, 9.17) is 0 Å². The summed E-state index contributed by atoms with van der Waals surface area (Å²) in [5, 5.41) is 6.76. The fourth-order valence-electron chi connectivity index (χ4n) is 2.11. The largest absolute Gasteiger partial charge is 0.350 e. The number of thioether (sulfide) groups is 1. The van der Waals surface area contributed by atoms with Crippen molar-refractivity contribution in [3.63, 3.8) is 0 Å². The zero-order valence-electron chi connectivity index (χ0n) is 13.7. The van der Waals surface area contributed by atoms with Crippen LogP contribution in [-0.4, -0.2) is 60.0 Å². The van der Waals surface area contributed by atoms with Crippen molar-refractivity contribution in [1.82, 2.24) is 15.5 Å². The average Bonchev–Trinajstić information content (AvgIpc) is 2.37. The lowest BCUT2D eigenvalue weighted by atomic mass is 10.1. The molecule has 0 saturated carbocycles. The van der Waals surface area contributed by atoms with Crippen LogP contribution in [0.3, 0.4) is 0 Å². The molecule has 1 unspecified atom stereocenters. The highest BCUT2D eigenvalue weighted by molar-refractivity contribution is 14.0. The molecule has 1 aliphatic heterocycles. The molecule has 1 aliphatic rings. The van der Waals surface area contributed by atoms with Gasteiger partial charge in [0.15, 0.2) is 5.96 Å². The monoisotopic (exact) mass is 428 g/mol. The number of carbonyl (C=O) groups excluding carboxylic acids is 1. The van der Waals surface area contributed by atoms with E-state index in [1.807, 2.05) is 32.5 Å². The molecule has 21 heavy (non-hydrogen) atoms. The molecule has 0 radical (unpaired) electrons. The molecule has 7 heteroatoms. The maximum absolute atomic E-state index is 11.8. The highest BCUT2D eigenvalue weighted by Gasteiger charge is 2.22. The maximum Gasteiger partial charge on any atom is 0.239 e. The van der Waals surface area contributed by atoms with E-state index in [1.54, 1.807) is 7.05 Å². The van der Waals surface area contributed by atoms with Gasteiger partial charge in [-0.1, -0.05) is 6.92 Å². The second-order valence-corrected chi connectivity index (χ2v) is 7.45. The lowest BCUT2D eigenvalue weighted by Crippen LogP contribution is -2.51. The second kappa shape index (κ2) is 9.76. The van der Waals surface area contributed by atoms with Crippen LogP contribution in [0.4, 0.5) is 0 Å². The van der Waals surface area contributed by atoms with Gasteiger partial charge in [-0.05, 0) is 27.2 Å². The summed E-state index contributed by atoms with van der Waals surface area (Å²) in [5.41, 5.74) is -0.197. The van der Waals surface area contributed by atoms with Crippen molar-refractivity contribution in [2.45, 2.75) is 44.9 Å². The van der Waals surface area contributed by atoms with Gasteiger partial charge in [0.2, 0.25) is 5.91 Å². The van der Waals surface area contributed by atoms with Crippen LogP contribution < -0.4 is 10.6 Å². The van der Waals surface area contributed by atoms with Crippen molar-refractivity contribution in [2.24, 2.45) is 4.99 Å². The molecule has 1 fully saturated rings. The van der Waals surface area contributed by atoms with Gasteiger partial charge < -0.3 is 15.5 Å². The number of guanidine groups is 1. The lowest BCUT2D eigenvalue weighted by Gasteiger charge is -2.34. The standard InChI is InChI=1S/C14H28N4OS.HI/c1-6-11-10-18(7-8-20-11)13(15-5)16-9-12(19)17-14(2,3)4;/h11H,6-10H2,1-5H3,(H,15,16)(H,17,19);1H.